The van der Waals surface area contributed by atoms with Gasteiger partial charge in [-0.05, 0) is 66.7 Å². The summed E-state index contributed by atoms with van der Waals surface area (Å²) in [6.45, 7) is 1.86. The molecule has 1 fully saturated rings. The predicted octanol–water partition coefficient (Wildman–Crippen LogP) is 5.94. The van der Waals surface area contributed by atoms with Gasteiger partial charge >= 0.3 is 0 Å². The fraction of sp³-hybridized carbons (Fsp3) is 0.138. The number of benzene rings is 2. The van der Waals surface area contributed by atoms with Gasteiger partial charge in [0.25, 0.3) is 0 Å². The molecule has 0 unspecified atom stereocenters. The number of hydrogen-bond donors (Lipinski definition) is 1. The molecule has 7 heteroatoms. The number of pyridine rings is 2. The lowest BCUT2D eigenvalue weighted by Gasteiger charge is -2.21. The van der Waals surface area contributed by atoms with Crippen LogP contribution in [0.2, 0.25) is 0 Å². The Bertz CT molecular complexity index is 1510. The van der Waals surface area contributed by atoms with E-state index in [0.29, 0.717) is 17.3 Å². The maximum absolute atomic E-state index is 5.77. The molecule has 5 aromatic rings. The molecule has 0 radical (unpaired) electrons. The summed E-state index contributed by atoms with van der Waals surface area (Å²) in [5.74, 6) is 0.499. The number of thiocarbonyl (C=S) groups is 1. The van der Waals surface area contributed by atoms with Crippen LogP contribution in [-0.4, -0.2) is 43.0 Å². The second-order valence-electron chi connectivity index (χ2n) is 8.83. The van der Waals surface area contributed by atoms with Crippen molar-refractivity contribution in [2.24, 2.45) is 0 Å². The van der Waals surface area contributed by atoms with E-state index in [1.807, 2.05) is 54.6 Å². The molecule has 176 valence electrons. The summed E-state index contributed by atoms with van der Waals surface area (Å²) in [6, 6.07) is 28.2. The summed E-state index contributed by atoms with van der Waals surface area (Å²) in [5.41, 5.74) is 6.75. The van der Waals surface area contributed by atoms with E-state index in [2.05, 4.69) is 50.5 Å². The van der Waals surface area contributed by atoms with Gasteiger partial charge in [0.1, 0.15) is 11.4 Å². The van der Waals surface area contributed by atoms with Gasteiger partial charge in [-0.15, -0.1) is 0 Å². The molecular formula is C29H24N6S. The van der Waals surface area contributed by atoms with Crippen molar-refractivity contribution in [3.63, 3.8) is 0 Å². The van der Waals surface area contributed by atoms with Crippen molar-refractivity contribution in [3.05, 3.63) is 103 Å². The highest BCUT2D eigenvalue weighted by atomic mass is 32.1. The highest BCUT2D eigenvalue weighted by Gasteiger charge is 2.25. The standard InChI is InChI=1S/C29H24N6S/c36-29(35-17-14-21(19-35)20-8-2-1-3-9-20)32-22-12-13-23-26(18-22)34-28(25-11-5-7-16-31-25)27(33-23)24-10-4-6-15-30-24/h1-13,15-16,18,21H,14,17,19H2,(H,32,36)/t21-/m0/s1. The molecule has 0 amide bonds. The smallest absolute Gasteiger partial charge is 0.173 e. The minimum absolute atomic E-state index is 0.499. The average molecular weight is 489 g/mol. The summed E-state index contributed by atoms with van der Waals surface area (Å²) < 4.78 is 0. The van der Waals surface area contributed by atoms with Gasteiger partial charge in [0.2, 0.25) is 0 Å². The van der Waals surface area contributed by atoms with E-state index < -0.39 is 0 Å². The second kappa shape index (κ2) is 9.79. The van der Waals surface area contributed by atoms with Crippen LogP contribution in [-0.2, 0) is 0 Å². The van der Waals surface area contributed by atoms with Gasteiger partial charge in [0.05, 0.1) is 22.4 Å². The van der Waals surface area contributed by atoms with Gasteiger partial charge in [-0.1, -0.05) is 42.5 Å². The molecule has 4 heterocycles. The Morgan fingerprint density at radius 3 is 2.11 bits per heavy atom. The predicted molar refractivity (Wildman–Crippen MR) is 148 cm³/mol. The Hall–Kier alpha value is -4.23. The SMILES string of the molecule is S=C(Nc1ccc2nc(-c3ccccn3)c(-c3ccccn3)nc2c1)N1CC[C@H](c2ccccc2)C1. The lowest BCUT2D eigenvalue weighted by molar-refractivity contribution is 0.518. The van der Waals surface area contributed by atoms with Crippen LogP contribution in [0.25, 0.3) is 33.8 Å². The third kappa shape index (κ3) is 4.53. The van der Waals surface area contributed by atoms with Crippen molar-refractivity contribution in [2.45, 2.75) is 12.3 Å². The molecule has 0 saturated carbocycles. The third-order valence-electron chi connectivity index (χ3n) is 6.48. The first-order valence-electron chi connectivity index (χ1n) is 12.0. The first-order chi connectivity index (χ1) is 17.7. The molecular weight excluding hydrogens is 464 g/mol. The topological polar surface area (TPSA) is 66.8 Å². The van der Waals surface area contributed by atoms with E-state index in [1.165, 1.54) is 5.56 Å². The van der Waals surface area contributed by atoms with Crippen LogP contribution in [0.4, 0.5) is 5.69 Å². The summed E-state index contributed by atoms with van der Waals surface area (Å²) in [7, 11) is 0. The van der Waals surface area contributed by atoms with Crippen molar-refractivity contribution in [3.8, 4) is 22.8 Å². The van der Waals surface area contributed by atoms with Crippen LogP contribution in [0, 0.1) is 0 Å². The van der Waals surface area contributed by atoms with Crippen LogP contribution < -0.4 is 5.32 Å². The number of fused-ring (bicyclic) bond motifs is 1. The van der Waals surface area contributed by atoms with Gasteiger partial charge in [-0.2, -0.15) is 0 Å². The summed E-state index contributed by atoms with van der Waals surface area (Å²) >= 11 is 5.77. The first kappa shape index (κ1) is 22.2. The minimum Gasteiger partial charge on any atom is -0.348 e. The number of rotatable bonds is 4. The quantitative estimate of drug-likeness (QED) is 0.314. The van der Waals surface area contributed by atoms with E-state index in [9.17, 15) is 0 Å². The van der Waals surface area contributed by atoms with E-state index in [-0.39, 0.29) is 0 Å². The normalized spacial score (nSPS) is 15.2. The third-order valence-corrected chi connectivity index (χ3v) is 6.84. The molecule has 6 rings (SSSR count). The molecule has 1 saturated heterocycles. The second-order valence-corrected chi connectivity index (χ2v) is 9.21. The molecule has 36 heavy (non-hydrogen) atoms. The van der Waals surface area contributed by atoms with Crippen LogP contribution in [0.5, 0.6) is 0 Å². The molecule has 0 aliphatic carbocycles. The maximum Gasteiger partial charge on any atom is 0.173 e. The fourth-order valence-corrected chi connectivity index (χ4v) is 4.92. The number of nitrogens with zero attached hydrogens (tertiary/aromatic N) is 5. The molecule has 0 spiro atoms. The minimum atomic E-state index is 0.499. The molecule has 0 bridgehead atoms. The van der Waals surface area contributed by atoms with Gasteiger partial charge in [0.15, 0.2) is 5.11 Å². The van der Waals surface area contributed by atoms with E-state index in [0.717, 1.165) is 52.7 Å². The zero-order chi connectivity index (χ0) is 24.3. The molecule has 1 aliphatic rings. The Labute approximate surface area is 215 Å². The highest BCUT2D eigenvalue weighted by Crippen LogP contribution is 2.30. The molecule has 1 aliphatic heterocycles. The number of nitrogens with one attached hydrogen (secondary N) is 1. The maximum atomic E-state index is 5.77. The largest absolute Gasteiger partial charge is 0.348 e. The van der Waals surface area contributed by atoms with Gasteiger partial charge in [0, 0.05) is 37.1 Å². The van der Waals surface area contributed by atoms with Crippen LogP contribution in [0.3, 0.4) is 0 Å². The summed E-state index contributed by atoms with van der Waals surface area (Å²) in [4.78, 5) is 21.2. The van der Waals surface area contributed by atoms with Crippen molar-refractivity contribution in [1.82, 2.24) is 24.8 Å². The Balaban J connectivity index is 1.29. The molecule has 3 aromatic heterocycles. The Kier molecular flexibility index (Phi) is 6.05. The molecule has 6 nitrogen and oxygen atoms in total. The lowest BCUT2D eigenvalue weighted by Crippen LogP contribution is -2.32. The zero-order valence-corrected chi connectivity index (χ0v) is 20.4. The number of hydrogen-bond acceptors (Lipinski definition) is 5. The monoisotopic (exact) mass is 488 g/mol. The van der Waals surface area contributed by atoms with E-state index in [1.54, 1.807) is 12.4 Å². The van der Waals surface area contributed by atoms with Gasteiger partial charge in [-0.3, -0.25) is 9.97 Å². The average Bonchev–Trinajstić information content (AvgIpc) is 3.45. The highest BCUT2D eigenvalue weighted by molar-refractivity contribution is 7.80. The number of anilines is 1. The summed E-state index contributed by atoms with van der Waals surface area (Å²) in [5, 5.41) is 4.15. The number of likely N-dealkylation sites (tertiary alicyclic amines) is 1. The van der Waals surface area contributed by atoms with Crippen molar-refractivity contribution in [2.75, 3.05) is 18.4 Å². The van der Waals surface area contributed by atoms with E-state index >= 15 is 0 Å². The van der Waals surface area contributed by atoms with Crippen molar-refractivity contribution >= 4 is 34.1 Å². The Morgan fingerprint density at radius 2 is 1.44 bits per heavy atom. The van der Waals surface area contributed by atoms with Crippen LogP contribution in [0.1, 0.15) is 17.9 Å². The molecule has 1 N–H and O–H groups in total. The van der Waals surface area contributed by atoms with Crippen molar-refractivity contribution in [1.29, 1.82) is 0 Å². The summed E-state index contributed by atoms with van der Waals surface area (Å²) in [6.07, 6.45) is 4.62. The van der Waals surface area contributed by atoms with Crippen molar-refractivity contribution < 1.29 is 0 Å². The number of aromatic nitrogens is 4. The van der Waals surface area contributed by atoms with Crippen LogP contribution in [0.15, 0.2) is 97.3 Å². The van der Waals surface area contributed by atoms with Gasteiger partial charge < -0.3 is 10.2 Å². The molecule has 2 aromatic carbocycles. The van der Waals surface area contributed by atoms with E-state index in [4.69, 9.17) is 22.2 Å². The Morgan fingerprint density at radius 1 is 0.778 bits per heavy atom. The fourth-order valence-electron chi connectivity index (χ4n) is 4.64. The van der Waals surface area contributed by atoms with Crippen LogP contribution >= 0.6 is 12.2 Å². The van der Waals surface area contributed by atoms with Gasteiger partial charge in [-0.25, -0.2) is 9.97 Å². The zero-order valence-electron chi connectivity index (χ0n) is 19.6. The lowest BCUT2D eigenvalue weighted by atomic mass is 9.99. The molecule has 1 atom stereocenters. The first-order valence-corrected chi connectivity index (χ1v) is 12.4.